The molecule has 2 heterocycles. The highest BCUT2D eigenvalue weighted by Gasteiger charge is 2.23. The van der Waals surface area contributed by atoms with Crippen molar-refractivity contribution in [3.05, 3.63) is 54.1 Å². The summed E-state index contributed by atoms with van der Waals surface area (Å²) in [4.78, 5) is 21.6. The molecule has 0 atom stereocenters. The van der Waals surface area contributed by atoms with Crippen LogP contribution in [0, 0.1) is 5.82 Å². The van der Waals surface area contributed by atoms with Gasteiger partial charge in [-0.15, -0.1) is 24.0 Å². The number of guanidine groups is 1. The van der Waals surface area contributed by atoms with Crippen molar-refractivity contribution in [1.29, 1.82) is 0 Å². The Morgan fingerprint density at radius 3 is 2.77 bits per heavy atom. The molecule has 1 aliphatic heterocycles. The third-order valence-electron chi connectivity index (χ3n) is 4.66. The molecule has 1 saturated heterocycles. The number of amides is 1. The van der Waals surface area contributed by atoms with Crippen molar-refractivity contribution in [2.24, 2.45) is 10.7 Å². The lowest BCUT2D eigenvalue weighted by molar-refractivity contribution is 0.0963. The van der Waals surface area contributed by atoms with E-state index in [0.717, 1.165) is 12.8 Å². The number of ether oxygens (including phenoxy) is 2. The monoisotopic (exact) mass is 543 g/mol. The van der Waals surface area contributed by atoms with Crippen LogP contribution in [0.25, 0.3) is 0 Å². The maximum absolute atomic E-state index is 14.3. The average Bonchev–Trinajstić information content (AvgIpc) is 2.75. The topological polar surface area (TPSA) is 102 Å². The van der Waals surface area contributed by atoms with Crippen LogP contribution in [-0.4, -0.2) is 47.7 Å². The molecular formula is C21H27FIN5O3. The number of piperidine rings is 1. The van der Waals surface area contributed by atoms with Crippen LogP contribution in [0.1, 0.15) is 25.3 Å². The Labute approximate surface area is 198 Å². The second kappa shape index (κ2) is 12.3. The number of nitrogens with zero attached hydrogens (tertiary/aromatic N) is 3. The van der Waals surface area contributed by atoms with Gasteiger partial charge in [-0.25, -0.2) is 14.2 Å². The van der Waals surface area contributed by atoms with Gasteiger partial charge in [0.15, 0.2) is 17.5 Å². The van der Waals surface area contributed by atoms with Gasteiger partial charge >= 0.3 is 6.09 Å². The average molecular weight is 543 g/mol. The number of nitrogens with two attached hydrogens (primary N) is 1. The summed E-state index contributed by atoms with van der Waals surface area (Å²) in [6, 6.07) is 8.22. The molecule has 10 heteroatoms. The summed E-state index contributed by atoms with van der Waals surface area (Å²) in [5, 5.41) is 3.16. The first-order valence-electron chi connectivity index (χ1n) is 9.89. The highest BCUT2D eigenvalue weighted by Crippen LogP contribution is 2.24. The molecule has 1 amide bonds. The second-order valence-electron chi connectivity index (χ2n) is 6.86. The summed E-state index contributed by atoms with van der Waals surface area (Å²) in [5.41, 5.74) is 6.65. The fourth-order valence-corrected chi connectivity index (χ4v) is 3.11. The van der Waals surface area contributed by atoms with E-state index in [1.54, 1.807) is 42.3 Å². The number of aromatic nitrogens is 1. The van der Waals surface area contributed by atoms with Crippen molar-refractivity contribution >= 4 is 36.0 Å². The number of hydrogen-bond acceptors (Lipinski definition) is 5. The standard InChI is InChI=1S/C21H26FN5O3.HI/c1-2-29-21(28)27-10-7-16(8-11-27)26-20(23)25-13-15-5-6-19(18(22)12-15)30-17-4-3-9-24-14-17;/h3-6,9,12,14,16H,2,7-8,10-11,13H2,1H3,(H3,23,25,26);1H. The normalized spacial score (nSPS) is 14.5. The Morgan fingerprint density at radius 2 is 2.13 bits per heavy atom. The van der Waals surface area contributed by atoms with E-state index in [4.69, 9.17) is 15.2 Å². The largest absolute Gasteiger partial charge is 0.453 e. The summed E-state index contributed by atoms with van der Waals surface area (Å²) in [7, 11) is 0. The SMILES string of the molecule is CCOC(=O)N1CCC(NC(N)=NCc2ccc(Oc3cccnc3)c(F)c2)CC1.I. The second-order valence-corrected chi connectivity index (χ2v) is 6.86. The lowest BCUT2D eigenvalue weighted by atomic mass is 10.1. The van der Waals surface area contributed by atoms with Gasteiger partial charge in [0, 0.05) is 25.3 Å². The number of carbonyl (C=O) groups is 1. The molecule has 3 rings (SSSR count). The van der Waals surface area contributed by atoms with E-state index in [9.17, 15) is 9.18 Å². The van der Waals surface area contributed by atoms with Crippen molar-refractivity contribution in [1.82, 2.24) is 15.2 Å². The zero-order valence-corrected chi connectivity index (χ0v) is 19.6. The minimum absolute atomic E-state index is 0. The van der Waals surface area contributed by atoms with E-state index in [1.807, 2.05) is 0 Å². The van der Waals surface area contributed by atoms with Crippen molar-refractivity contribution in [2.75, 3.05) is 19.7 Å². The van der Waals surface area contributed by atoms with Gasteiger partial charge in [0.05, 0.1) is 19.3 Å². The van der Waals surface area contributed by atoms with E-state index < -0.39 is 5.82 Å². The van der Waals surface area contributed by atoms with Crippen LogP contribution in [0.5, 0.6) is 11.5 Å². The number of pyridine rings is 1. The Morgan fingerprint density at radius 1 is 1.35 bits per heavy atom. The predicted molar refractivity (Wildman–Crippen MR) is 126 cm³/mol. The molecular weight excluding hydrogens is 516 g/mol. The molecule has 1 aromatic carbocycles. The van der Waals surface area contributed by atoms with Gasteiger partial charge in [0.1, 0.15) is 5.75 Å². The zero-order chi connectivity index (χ0) is 21.3. The van der Waals surface area contributed by atoms with E-state index in [0.29, 0.717) is 37.0 Å². The van der Waals surface area contributed by atoms with Crippen molar-refractivity contribution in [2.45, 2.75) is 32.4 Å². The van der Waals surface area contributed by atoms with Crippen LogP contribution in [0.4, 0.5) is 9.18 Å². The summed E-state index contributed by atoms with van der Waals surface area (Å²) in [5.74, 6) is 0.393. The maximum atomic E-state index is 14.3. The minimum atomic E-state index is -0.482. The van der Waals surface area contributed by atoms with E-state index in [1.165, 1.54) is 12.3 Å². The van der Waals surface area contributed by atoms with Gasteiger partial charge in [0.25, 0.3) is 0 Å². The lowest BCUT2D eigenvalue weighted by Gasteiger charge is -2.31. The molecule has 1 aliphatic rings. The quantitative estimate of drug-likeness (QED) is 0.328. The van der Waals surface area contributed by atoms with Gasteiger partial charge < -0.3 is 25.4 Å². The van der Waals surface area contributed by atoms with Crippen LogP contribution >= 0.6 is 24.0 Å². The van der Waals surface area contributed by atoms with Crippen LogP contribution in [0.15, 0.2) is 47.7 Å². The molecule has 0 unspecified atom stereocenters. The predicted octanol–water partition coefficient (Wildman–Crippen LogP) is 3.66. The van der Waals surface area contributed by atoms with Crippen LogP contribution in [0.2, 0.25) is 0 Å². The van der Waals surface area contributed by atoms with Gasteiger partial charge in [-0.05, 0) is 49.6 Å². The molecule has 0 spiro atoms. The lowest BCUT2D eigenvalue weighted by Crippen LogP contribution is -2.48. The molecule has 2 aromatic rings. The first-order valence-corrected chi connectivity index (χ1v) is 9.89. The van der Waals surface area contributed by atoms with Crippen molar-refractivity contribution < 1.29 is 18.7 Å². The summed E-state index contributed by atoms with van der Waals surface area (Å²) in [6.07, 6.45) is 4.36. The molecule has 168 valence electrons. The van der Waals surface area contributed by atoms with Gasteiger partial charge in [0.2, 0.25) is 0 Å². The summed E-state index contributed by atoms with van der Waals surface area (Å²) < 4.78 is 24.8. The molecule has 1 fully saturated rings. The van der Waals surface area contributed by atoms with E-state index >= 15 is 0 Å². The number of nitrogens with one attached hydrogen (secondary N) is 1. The Bertz CT molecular complexity index is 877. The molecule has 0 saturated carbocycles. The van der Waals surface area contributed by atoms with E-state index in [2.05, 4.69) is 15.3 Å². The third-order valence-corrected chi connectivity index (χ3v) is 4.66. The van der Waals surface area contributed by atoms with Crippen LogP contribution < -0.4 is 15.8 Å². The van der Waals surface area contributed by atoms with Gasteiger partial charge in [-0.2, -0.15) is 0 Å². The molecule has 0 aliphatic carbocycles. The number of halogens is 2. The zero-order valence-electron chi connectivity index (χ0n) is 17.3. The van der Waals surface area contributed by atoms with E-state index in [-0.39, 0.29) is 48.4 Å². The Kier molecular flexibility index (Phi) is 9.76. The highest BCUT2D eigenvalue weighted by atomic mass is 127. The summed E-state index contributed by atoms with van der Waals surface area (Å²) in [6.45, 7) is 3.61. The molecule has 8 nitrogen and oxygen atoms in total. The van der Waals surface area contributed by atoms with Crippen LogP contribution in [-0.2, 0) is 11.3 Å². The van der Waals surface area contributed by atoms with Gasteiger partial charge in [-0.3, -0.25) is 4.98 Å². The van der Waals surface area contributed by atoms with Crippen molar-refractivity contribution in [3.63, 3.8) is 0 Å². The number of hydrogen-bond donors (Lipinski definition) is 2. The number of rotatable bonds is 6. The first kappa shape index (κ1) is 24.6. The molecule has 0 bridgehead atoms. The molecule has 1 aromatic heterocycles. The maximum Gasteiger partial charge on any atom is 0.409 e. The van der Waals surface area contributed by atoms with Crippen molar-refractivity contribution in [3.8, 4) is 11.5 Å². The summed E-state index contributed by atoms with van der Waals surface area (Å²) >= 11 is 0. The fraction of sp³-hybridized carbons (Fsp3) is 0.381. The molecule has 0 radical (unpaired) electrons. The van der Waals surface area contributed by atoms with Gasteiger partial charge in [-0.1, -0.05) is 6.07 Å². The molecule has 3 N–H and O–H groups in total. The highest BCUT2D eigenvalue weighted by molar-refractivity contribution is 14.0. The number of benzene rings is 1. The smallest absolute Gasteiger partial charge is 0.409 e. The Balaban J connectivity index is 0.00000341. The number of likely N-dealkylation sites (tertiary alicyclic amines) is 1. The minimum Gasteiger partial charge on any atom is -0.453 e. The first-order chi connectivity index (χ1) is 14.5. The van der Waals surface area contributed by atoms with Crippen LogP contribution in [0.3, 0.4) is 0 Å². The number of carbonyl (C=O) groups excluding carboxylic acids is 1. The third kappa shape index (κ3) is 7.53. The number of aliphatic imine (C=N–C) groups is 1. The fourth-order valence-electron chi connectivity index (χ4n) is 3.11. The molecule has 31 heavy (non-hydrogen) atoms. The Hall–Kier alpha value is -2.63.